The van der Waals surface area contributed by atoms with E-state index in [4.69, 9.17) is 17.0 Å². The summed E-state index contributed by atoms with van der Waals surface area (Å²) in [6, 6.07) is 14.2. The maximum absolute atomic E-state index is 13.8. The first-order chi connectivity index (χ1) is 26.1. The van der Waals surface area contributed by atoms with Gasteiger partial charge in [0.25, 0.3) is 23.4 Å². The van der Waals surface area contributed by atoms with Crippen LogP contribution in [0.2, 0.25) is 0 Å². The van der Waals surface area contributed by atoms with Gasteiger partial charge in [-0.2, -0.15) is 0 Å². The van der Waals surface area contributed by atoms with Gasteiger partial charge in [-0.05, 0) is 73.4 Å². The topological polar surface area (TPSA) is 117 Å². The minimum atomic E-state index is -0.487. The van der Waals surface area contributed by atoms with Gasteiger partial charge in [-0.25, -0.2) is 0 Å². The summed E-state index contributed by atoms with van der Waals surface area (Å²) in [7, 11) is 0. The number of carbonyl (C=O) groups is 3. The molecule has 0 N–H and O–H groups in total. The van der Waals surface area contributed by atoms with Gasteiger partial charge in [0, 0.05) is 61.5 Å². The highest BCUT2D eigenvalue weighted by molar-refractivity contribution is 8.22. The number of ether oxygens (including phenoxy) is 1. The number of thiocarbonyl (C=S) groups is 1. The molecule has 3 amide bonds. The van der Waals surface area contributed by atoms with E-state index in [1.165, 1.54) is 22.7 Å². The molecule has 0 spiro atoms. The molecule has 3 aliphatic heterocycles. The number of nitro groups is 1. The van der Waals surface area contributed by atoms with E-state index in [1.54, 1.807) is 18.2 Å². The Morgan fingerprint density at radius 1 is 0.981 bits per heavy atom. The Morgan fingerprint density at radius 2 is 1.65 bits per heavy atom. The Morgan fingerprint density at radius 3 is 2.28 bits per heavy atom. The van der Waals surface area contributed by atoms with Crippen LogP contribution in [-0.4, -0.2) is 127 Å². The minimum Gasteiger partial charge on any atom is -0.492 e. The molecule has 3 aromatic carbocycles. The summed E-state index contributed by atoms with van der Waals surface area (Å²) in [5.41, 5.74) is 1.74. The van der Waals surface area contributed by atoms with Crippen LogP contribution in [0.5, 0.6) is 5.75 Å². The number of carbonyl (C=O) groups excluding carboxylic acids is 3. The molecule has 0 unspecified atom stereocenters. The van der Waals surface area contributed by atoms with E-state index < -0.39 is 4.92 Å². The molecule has 15 heteroatoms. The van der Waals surface area contributed by atoms with Gasteiger partial charge in [0.05, 0.1) is 28.2 Å². The van der Waals surface area contributed by atoms with Gasteiger partial charge in [-0.3, -0.25) is 34.3 Å². The highest BCUT2D eigenvalue weighted by atomic mass is 32.2. The second-order valence-electron chi connectivity index (χ2n) is 13.5. The number of imide groups is 1. The van der Waals surface area contributed by atoms with Gasteiger partial charge in [0.2, 0.25) is 0 Å². The quantitative estimate of drug-likeness (QED) is 0.0386. The molecule has 0 bridgehead atoms. The number of amides is 3. The SMILES string of the molecule is CCSC(SCC)[C@@H]1CCCN1C(=O)c1cc(C)c(OCCSC(=S)N2CCN(CCCN3C(=O)c4cccc5cccc(c45)C3=O)CC2)cc1[N+](=O)[O-]. The van der Waals surface area contributed by atoms with Gasteiger partial charge in [-0.15, -0.1) is 23.5 Å². The van der Waals surface area contributed by atoms with Crippen molar-refractivity contribution in [2.75, 3.05) is 69.7 Å². The van der Waals surface area contributed by atoms with Crippen LogP contribution in [-0.2, 0) is 0 Å². The zero-order valence-corrected chi connectivity index (χ0v) is 34.3. The Hall–Kier alpha value is -3.37. The number of hydrogen-bond acceptors (Lipinski definition) is 11. The summed E-state index contributed by atoms with van der Waals surface area (Å²) >= 11 is 10.9. The van der Waals surface area contributed by atoms with Gasteiger partial charge >= 0.3 is 0 Å². The fraction of sp³-hybridized carbons (Fsp3) is 0.487. The van der Waals surface area contributed by atoms with Crippen molar-refractivity contribution < 1.29 is 24.0 Å². The van der Waals surface area contributed by atoms with Crippen LogP contribution in [0.4, 0.5) is 5.69 Å². The summed E-state index contributed by atoms with van der Waals surface area (Å²) in [6.07, 6.45) is 2.48. The van der Waals surface area contributed by atoms with Gasteiger partial charge < -0.3 is 14.5 Å². The fourth-order valence-corrected chi connectivity index (χ4v) is 11.5. The highest BCUT2D eigenvalue weighted by Gasteiger charge is 2.38. The van der Waals surface area contributed by atoms with Crippen LogP contribution in [0.15, 0.2) is 48.5 Å². The number of nitro benzene ring substituents is 1. The van der Waals surface area contributed by atoms with Crippen molar-refractivity contribution in [3.63, 3.8) is 0 Å². The van der Waals surface area contributed by atoms with Crippen molar-refractivity contribution in [1.82, 2.24) is 19.6 Å². The Labute approximate surface area is 335 Å². The number of thioether (sulfide) groups is 3. The van der Waals surface area contributed by atoms with Crippen LogP contribution in [0.25, 0.3) is 10.8 Å². The second-order valence-corrected chi connectivity index (χ2v) is 18.4. The van der Waals surface area contributed by atoms with E-state index in [0.29, 0.717) is 54.3 Å². The van der Waals surface area contributed by atoms with Crippen molar-refractivity contribution in [3.8, 4) is 5.75 Å². The molecule has 0 aliphatic carbocycles. The minimum absolute atomic E-state index is 0.0474. The maximum atomic E-state index is 13.8. The first-order valence-electron chi connectivity index (χ1n) is 18.6. The fourth-order valence-electron chi connectivity index (χ4n) is 7.50. The third-order valence-electron chi connectivity index (χ3n) is 10.2. The standard InChI is InChI=1S/C39H47N5O6S4/c1-4-52-38(53-5-2)31-14-8-16-42(31)37(47)30-24-26(3)33(25-32(30)44(48)49)50-22-23-54-39(51)41-20-18-40(19-21-41)15-9-17-43-35(45)28-12-6-10-27-11-7-13-29(34(27)28)36(43)46/h6-7,10-13,24-25,31,38H,4-5,8-9,14-23H2,1-3H3/t31-/m0/s1. The van der Waals surface area contributed by atoms with Crippen LogP contribution < -0.4 is 4.74 Å². The number of hydrogen-bond donors (Lipinski definition) is 0. The van der Waals surface area contributed by atoms with Crippen molar-refractivity contribution in [3.05, 3.63) is 80.9 Å². The Kier molecular flexibility index (Phi) is 13.8. The van der Waals surface area contributed by atoms with Crippen LogP contribution in [0, 0.1) is 17.0 Å². The summed E-state index contributed by atoms with van der Waals surface area (Å²) in [4.78, 5) is 59.7. The van der Waals surface area contributed by atoms with Crippen molar-refractivity contribution >= 4 is 86.0 Å². The lowest BCUT2D eigenvalue weighted by Gasteiger charge is -2.36. The lowest BCUT2D eigenvalue weighted by Crippen LogP contribution is -2.48. The van der Waals surface area contributed by atoms with Crippen molar-refractivity contribution in [2.45, 2.75) is 50.7 Å². The van der Waals surface area contributed by atoms with E-state index in [-0.39, 0.29) is 39.6 Å². The normalized spacial score (nSPS) is 17.6. The number of aryl methyl sites for hydroxylation is 1. The van der Waals surface area contributed by atoms with Gasteiger partial charge in [0.1, 0.15) is 15.6 Å². The number of rotatable bonds is 15. The molecular formula is C39H47N5O6S4. The largest absolute Gasteiger partial charge is 0.492 e. The molecule has 3 aromatic rings. The van der Waals surface area contributed by atoms with Gasteiger partial charge in [0.15, 0.2) is 0 Å². The Bertz CT molecular complexity index is 1850. The van der Waals surface area contributed by atoms with Crippen molar-refractivity contribution in [1.29, 1.82) is 0 Å². The zero-order valence-electron chi connectivity index (χ0n) is 31.0. The monoisotopic (exact) mass is 809 g/mol. The van der Waals surface area contributed by atoms with Crippen molar-refractivity contribution in [2.24, 2.45) is 0 Å². The first kappa shape index (κ1) is 40.3. The summed E-state index contributed by atoms with van der Waals surface area (Å²) in [6.45, 7) is 11.3. The summed E-state index contributed by atoms with van der Waals surface area (Å²) in [5.74, 6) is 2.13. The highest BCUT2D eigenvalue weighted by Crippen LogP contribution is 2.38. The molecule has 11 nitrogen and oxygen atoms in total. The lowest BCUT2D eigenvalue weighted by atomic mass is 9.94. The van der Waals surface area contributed by atoms with E-state index in [2.05, 4.69) is 23.6 Å². The second kappa shape index (κ2) is 18.5. The molecule has 0 aromatic heterocycles. The molecule has 0 saturated carbocycles. The molecule has 2 saturated heterocycles. The third-order valence-corrected chi connectivity index (χ3v) is 14.4. The number of nitrogens with zero attached hydrogens (tertiary/aromatic N) is 5. The number of piperazine rings is 1. The smallest absolute Gasteiger partial charge is 0.285 e. The van der Waals surface area contributed by atoms with E-state index in [0.717, 1.165) is 72.2 Å². The van der Waals surface area contributed by atoms with Crippen LogP contribution in [0.3, 0.4) is 0 Å². The van der Waals surface area contributed by atoms with Crippen LogP contribution in [0.1, 0.15) is 69.7 Å². The van der Waals surface area contributed by atoms with E-state index in [9.17, 15) is 24.5 Å². The summed E-state index contributed by atoms with van der Waals surface area (Å²) < 4.78 is 7.04. The van der Waals surface area contributed by atoms with E-state index >= 15 is 0 Å². The molecule has 288 valence electrons. The molecule has 54 heavy (non-hydrogen) atoms. The summed E-state index contributed by atoms with van der Waals surface area (Å²) in [5, 5.41) is 13.8. The molecule has 3 aliphatic rings. The molecular weight excluding hydrogens is 763 g/mol. The van der Waals surface area contributed by atoms with Crippen LogP contribution >= 0.6 is 47.5 Å². The molecule has 2 fully saturated rings. The third kappa shape index (κ3) is 8.85. The predicted molar refractivity (Wildman–Crippen MR) is 224 cm³/mol. The zero-order chi connectivity index (χ0) is 38.4. The lowest BCUT2D eigenvalue weighted by molar-refractivity contribution is -0.385. The van der Waals surface area contributed by atoms with Gasteiger partial charge in [-0.1, -0.05) is 62.1 Å². The molecule has 0 radical (unpaired) electrons. The molecule has 6 rings (SSSR count). The molecule has 1 atom stereocenters. The number of benzene rings is 3. The molecule has 3 heterocycles. The predicted octanol–water partition coefficient (Wildman–Crippen LogP) is 7.19. The number of likely N-dealkylation sites (tertiary alicyclic amines) is 1. The first-order valence-corrected chi connectivity index (χ1v) is 22.1. The van der Waals surface area contributed by atoms with E-state index in [1.807, 2.05) is 59.6 Å². The average molecular weight is 810 g/mol. The average Bonchev–Trinajstić information content (AvgIpc) is 3.67. The Balaban J connectivity index is 0.946. The maximum Gasteiger partial charge on any atom is 0.285 e.